The van der Waals surface area contributed by atoms with Gasteiger partial charge in [0.25, 0.3) is 0 Å². The van der Waals surface area contributed by atoms with Crippen LogP contribution in [0.25, 0.3) is 0 Å². The molecule has 0 aliphatic rings. The largest absolute Gasteiger partial charge is 0.110 e. The van der Waals surface area contributed by atoms with Crippen molar-refractivity contribution in [2.45, 2.75) is 59.0 Å². The van der Waals surface area contributed by atoms with Gasteiger partial charge >= 0.3 is 0 Å². The summed E-state index contributed by atoms with van der Waals surface area (Å²) >= 11 is 23.1. The lowest BCUT2D eigenvalue weighted by Gasteiger charge is -2.22. The topological polar surface area (TPSA) is 0 Å². The third kappa shape index (κ3) is 14.0. The molecule has 0 atom stereocenters. The van der Waals surface area contributed by atoms with Gasteiger partial charge < -0.3 is 0 Å². The van der Waals surface area contributed by atoms with Crippen LogP contribution >= 0.6 is 46.4 Å². The highest BCUT2D eigenvalue weighted by atomic mass is 35.5. The van der Waals surface area contributed by atoms with Gasteiger partial charge in [-0.25, -0.2) is 0 Å². The van der Waals surface area contributed by atoms with Gasteiger partial charge in [0.2, 0.25) is 0 Å². The molecular weight excluding hydrogens is 346 g/mol. The van der Waals surface area contributed by atoms with Crippen molar-refractivity contribution in [3.05, 3.63) is 0 Å². The number of hydrogen-bond acceptors (Lipinski definition) is 0. The second-order valence-corrected chi connectivity index (χ2v) is 19.6. The molecule has 0 N–H and O–H groups in total. The summed E-state index contributed by atoms with van der Waals surface area (Å²) in [5.41, 5.74) is 0. The Bertz CT molecular complexity index is 170. The smallest absolute Gasteiger partial charge is 0.0908 e. The Balaban J connectivity index is 3.51. The normalized spacial score (nSPS) is 14.1. The van der Waals surface area contributed by atoms with Crippen LogP contribution in [0.4, 0.5) is 0 Å². The summed E-state index contributed by atoms with van der Waals surface area (Å²) in [4.78, 5) is 0. The predicted molar refractivity (Wildman–Crippen MR) is 94.0 cm³/mol. The van der Waals surface area contributed by atoms with Gasteiger partial charge in [-0.1, -0.05) is 50.1 Å². The van der Waals surface area contributed by atoms with E-state index in [-0.39, 0.29) is 28.0 Å². The van der Waals surface area contributed by atoms with E-state index in [0.717, 1.165) is 0 Å². The van der Waals surface area contributed by atoms with Gasteiger partial charge in [0.15, 0.2) is 0 Å². The molecule has 0 heterocycles. The Morgan fingerprint density at radius 1 is 0.824 bits per heavy atom. The van der Waals surface area contributed by atoms with E-state index in [0.29, 0.717) is 0 Å². The second kappa shape index (κ2) is 10.6. The van der Waals surface area contributed by atoms with E-state index in [1.807, 2.05) is 0 Å². The molecule has 0 bridgehead atoms. The number of halogens is 4. The third-order valence-electron chi connectivity index (χ3n) is 3.05. The molecule has 0 fully saturated rings. The molecule has 0 unspecified atom stereocenters. The Hall–Kier alpha value is 1.81. The fourth-order valence-electron chi connectivity index (χ4n) is 1.93. The fraction of sp³-hybridized carbons (Fsp3) is 1.00. The molecule has 17 heavy (non-hydrogen) atoms. The van der Waals surface area contributed by atoms with Crippen molar-refractivity contribution in [3.63, 3.8) is 0 Å². The first-order valence-electron chi connectivity index (χ1n) is 6.40. The summed E-state index contributed by atoms with van der Waals surface area (Å²) in [6, 6.07) is 5.45. The second-order valence-electron chi connectivity index (χ2n) is 5.44. The van der Waals surface area contributed by atoms with E-state index in [1.165, 1.54) is 37.0 Å². The van der Waals surface area contributed by atoms with Crippen molar-refractivity contribution in [1.29, 1.82) is 0 Å². The van der Waals surface area contributed by atoms with Crippen molar-refractivity contribution >= 4 is 73.5 Å². The number of hydrogen-bond donors (Lipinski definition) is 0. The minimum absolute atomic E-state index is 0.0462. The maximum atomic E-state index is 5.78. The van der Waals surface area contributed by atoms with Crippen LogP contribution in [-0.2, 0) is 0 Å². The van der Waals surface area contributed by atoms with Gasteiger partial charge in [0, 0.05) is 8.07 Å². The zero-order chi connectivity index (χ0) is 13.3. The lowest BCUT2D eigenvalue weighted by molar-refractivity contribution is 0.972. The Labute approximate surface area is 132 Å². The summed E-state index contributed by atoms with van der Waals surface area (Å²) in [7, 11) is -1.44. The van der Waals surface area contributed by atoms with Crippen LogP contribution in [0.5, 0.6) is 0 Å². The van der Waals surface area contributed by atoms with Crippen molar-refractivity contribution in [1.82, 2.24) is 0 Å². The Kier molecular flexibility index (Phi) is 11.7. The minimum atomic E-state index is -0.975. The van der Waals surface area contributed by atoms with E-state index in [9.17, 15) is 0 Å². The van der Waals surface area contributed by atoms with Crippen LogP contribution in [-0.4, -0.2) is 36.0 Å². The molecule has 0 nitrogen and oxygen atoms in total. The first kappa shape index (κ1) is 18.8. The van der Waals surface area contributed by atoms with E-state index < -0.39 is 8.07 Å². The molecule has 104 valence electrons. The molecule has 0 aromatic heterocycles. The summed E-state index contributed by atoms with van der Waals surface area (Å²) in [6.45, 7) is 4.99. The molecule has 0 aliphatic heterocycles. The molecule has 0 spiro atoms. The lowest BCUT2D eigenvalue weighted by Crippen LogP contribution is -2.25. The first-order chi connectivity index (χ1) is 7.83. The molecule has 7 heteroatoms. The molecule has 0 amide bonds. The maximum absolute atomic E-state index is 5.78. The maximum Gasteiger partial charge on any atom is 0.0908 e. The van der Waals surface area contributed by atoms with Crippen LogP contribution in [0, 0.1) is 0 Å². The molecule has 0 saturated carbocycles. The van der Waals surface area contributed by atoms with Crippen molar-refractivity contribution in [2.75, 3.05) is 0 Å². The van der Waals surface area contributed by atoms with Crippen molar-refractivity contribution in [2.24, 2.45) is 0 Å². The van der Waals surface area contributed by atoms with E-state index >= 15 is 0 Å². The first-order valence-corrected chi connectivity index (χ1v) is 15.2. The summed E-state index contributed by atoms with van der Waals surface area (Å²) in [6.07, 6.45) is 2.68. The van der Waals surface area contributed by atoms with Crippen LogP contribution in [0.1, 0.15) is 12.8 Å². The molecule has 0 saturated heterocycles. The molecule has 0 aromatic carbocycles. The third-order valence-corrected chi connectivity index (χ3v) is 11.8. The summed E-state index contributed by atoms with van der Waals surface area (Å²) < 4.78 is -0.0923. The van der Waals surface area contributed by atoms with Gasteiger partial charge in [-0.3, -0.25) is 0 Å². The van der Waals surface area contributed by atoms with Crippen LogP contribution < -0.4 is 0 Å². The average molecular weight is 370 g/mol. The summed E-state index contributed by atoms with van der Waals surface area (Å²) in [5, 5.41) is 0. The number of alkyl halides is 4. The molecular formula is C10H24Cl4Si3. The van der Waals surface area contributed by atoms with Gasteiger partial charge in [-0.05, 0) is 0 Å². The molecule has 0 rings (SSSR count). The highest BCUT2D eigenvalue weighted by Gasteiger charge is 2.19. The predicted octanol–water partition coefficient (Wildman–Crippen LogP) is 4.17. The number of rotatable bonds is 10. The SMILES string of the molecule is C[Si](C)(CCC[SiH2]C(Cl)Cl)CCC[SiH2]C(Cl)Cl. The summed E-state index contributed by atoms with van der Waals surface area (Å²) in [5.74, 6) is 0. The highest BCUT2D eigenvalue weighted by Crippen LogP contribution is 2.22. The highest BCUT2D eigenvalue weighted by molar-refractivity contribution is 6.77. The zero-order valence-electron chi connectivity index (χ0n) is 10.8. The van der Waals surface area contributed by atoms with Crippen LogP contribution in [0.15, 0.2) is 0 Å². The van der Waals surface area contributed by atoms with Gasteiger partial charge in [-0.15, -0.1) is 46.4 Å². The standard InChI is InChI=1S/C10H24Cl4Si3/c1-17(2,7-3-5-15-9(11)12)8-4-6-16-10(13)14/h9-10H,3-8,15-16H2,1-2H3. The van der Waals surface area contributed by atoms with E-state index in [2.05, 4.69) is 13.1 Å². The zero-order valence-corrected chi connectivity index (χ0v) is 17.7. The van der Waals surface area contributed by atoms with Crippen LogP contribution in [0.3, 0.4) is 0 Å². The van der Waals surface area contributed by atoms with E-state index in [4.69, 9.17) is 46.4 Å². The average Bonchev–Trinajstić information content (AvgIpc) is 2.19. The Morgan fingerprint density at radius 2 is 1.18 bits per heavy atom. The fourth-order valence-corrected chi connectivity index (χ4v) is 9.14. The van der Waals surface area contributed by atoms with Gasteiger partial charge in [-0.2, -0.15) is 0 Å². The van der Waals surface area contributed by atoms with Crippen LogP contribution in [0.2, 0.25) is 37.3 Å². The van der Waals surface area contributed by atoms with Crippen molar-refractivity contribution in [3.8, 4) is 0 Å². The lowest BCUT2D eigenvalue weighted by atomic mass is 10.6. The minimum Gasteiger partial charge on any atom is -0.110 e. The molecule has 0 aromatic rings. The molecule has 0 radical (unpaired) electrons. The van der Waals surface area contributed by atoms with Gasteiger partial charge in [0.1, 0.15) is 0 Å². The monoisotopic (exact) mass is 368 g/mol. The Morgan fingerprint density at radius 3 is 1.47 bits per heavy atom. The molecule has 0 aliphatic carbocycles. The van der Waals surface area contributed by atoms with Gasteiger partial charge in [0.05, 0.1) is 28.0 Å². The van der Waals surface area contributed by atoms with Crippen molar-refractivity contribution < 1.29 is 0 Å². The quantitative estimate of drug-likeness (QED) is 0.308. The van der Waals surface area contributed by atoms with E-state index in [1.54, 1.807) is 0 Å².